The van der Waals surface area contributed by atoms with Gasteiger partial charge in [0, 0.05) is 22.9 Å². The second-order valence-electron chi connectivity index (χ2n) is 7.65. The first-order chi connectivity index (χ1) is 16.9. The first-order valence-electron chi connectivity index (χ1n) is 10.6. The Bertz CT molecular complexity index is 1230. The topological polar surface area (TPSA) is 126 Å². The van der Waals surface area contributed by atoms with E-state index in [1.165, 1.54) is 26.4 Å². The molecule has 2 heterocycles. The average molecular weight is 508 g/mol. The highest BCUT2D eigenvalue weighted by Crippen LogP contribution is 2.45. The van der Waals surface area contributed by atoms with E-state index in [1.807, 2.05) is 0 Å². The SMILES string of the molecule is CCOC(=O)C1=C(C)NC(C)=C(c2nc(OC)c([N+](=O)[O-])c(OC)n2)C1c1ccc(C(F)(F)F)cc1. The fourth-order valence-electron chi connectivity index (χ4n) is 3.94. The van der Waals surface area contributed by atoms with Crippen molar-refractivity contribution in [2.45, 2.75) is 32.9 Å². The molecule has 1 aromatic carbocycles. The minimum absolute atomic E-state index is 0.0586. The Morgan fingerprint density at radius 1 is 1.08 bits per heavy atom. The van der Waals surface area contributed by atoms with Crippen LogP contribution in [0, 0.1) is 10.1 Å². The number of benzene rings is 1. The number of hydrogen-bond donors (Lipinski definition) is 1. The van der Waals surface area contributed by atoms with Crippen molar-refractivity contribution >= 4 is 17.2 Å². The van der Waals surface area contributed by atoms with Crippen LogP contribution in [0.2, 0.25) is 0 Å². The van der Waals surface area contributed by atoms with Gasteiger partial charge in [-0.3, -0.25) is 10.1 Å². The average Bonchev–Trinajstić information content (AvgIpc) is 2.82. The number of nitrogens with one attached hydrogen (secondary N) is 1. The van der Waals surface area contributed by atoms with E-state index < -0.39 is 46.0 Å². The van der Waals surface area contributed by atoms with E-state index in [0.717, 1.165) is 12.1 Å². The lowest BCUT2D eigenvalue weighted by molar-refractivity contribution is -0.387. The third-order valence-electron chi connectivity index (χ3n) is 5.46. The molecule has 0 spiro atoms. The maximum atomic E-state index is 13.2. The van der Waals surface area contributed by atoms with Crippen molar-refractivity contribution in [3.05, 3.63) is 68.3 Å². The summed E-state index contributed by atoms with van der Waals surface area (Å²) in [7, 11) is 2.36. The quantitative estimate of drug-likeness (QED) is 0.329. The molecule has 1 unspecified atom stereocenters. The summed E-state index contributed by atoms with van der Waals surface area (Å²) < 4.78 is 55.0. The standard InChI is InChI=1S/C23H23F3N4O6/c1-6-36-22(31)16-12(3)27-11(2)15(17(16)13-7-9-14(10-8-13)23(24,25)26)19-28-20(34-4)18(30(32)33)21(29-19)35-5/h7-10,17,27H,6H2,1-5H3. The van der Waals surface area contributed by atoms with Crippen LogP contribution in [0.3, 0.4) is 0 Å². The molecule has 1 aromatic heterocycles. The predicted molar refractivity (Wildman–Crippen MR) is 121 cm³/mol. The zero-order valence-corrected chi connectivity index (χ0v) is 20.0. The molecular weight excluding hydrogens is 485 g/mol. The Morgan fingerprint density at radius 2 is 1.64 bits per heavy atom. The molecule has 36 heavy (non-hydrogen) atoms. The minimum atomic E-state index is -4.56. The van der Waals surface area contributed by atoms with Crippen molar-refractivity contribution in [3.8, 4) is 11.8 Å². The number of aromatic nitrogens is 2. The Hall–Kier alpha value is -4.16. The van der Waals surface area contributed by atoms with Crippen LogP contribution in [-0.4, -0.2) is 41.7 Å². The number of nitro groups is 1. The molecule has 0 aliphatic carbocycles. The van der Waals surface area contributed by atoms with Crippen molar-refractivity contribution in [2.24, 2.45) is 0 Å². The van der Waals surface area contributed by atoms with Crippen LogP contribution in [-0.2, 0) is 15.7 Å². The van der Waals surface area contributed by atoms with Crippen LogP contribution in [0.1, 0.15) is 43.6 Å². The van der Waals surface area contributed by atoms with E-state index in [9.17, 15) is 28.1 Å². The zero-order valence-electron chi connectivity index (χ0n) is 20.0. The Morgan fingerprint density at radius 3 is 2.08 bits per heavy atom. The summed E-state index contributed by atoms with van der Waals surface area (Å²) in [5.74, 6) is -2.53. The second-order valence-corrected chi connectivity index (χ2v) is 7.65. The predicted octanol–water partition coefficient (Wildman–Crippen LogP) is 4.38. The number of carbonyl (C=O) groups excluding carboxylic acids is 1. The van der Waals surface area contributed by atoms with Crippen molar-refractivity contribution in [3.63, 3.8) is 0 Å². The van der Waals surface area contributed by atoms with E-state index in [0.29, 0.717) is 17.0 Å². The fraction of sp³-hybridized carbons (Fsp3) is 0.348. The number of methoxy groups -OCH3 is 2. The number of dihydropyridines is 1. The van der Waals surface area contributed by atoms with Crippen molar-refractivity contribution < 1.29 is 37.1 Å². The molecule has 0 amide bonds. The normalized spacial score (nSPS) is 15.9. The summed E-state index contributed by atoms with van der Waals surface area (Å²) in [6, 6.07) is 4.30. The summed E-state index contributed by atoms with van der Waals surface area (Å²) in [6.45, 7) is 4.96. The molecule has 13 heteroatoms. The van der Waals surface area contributed by atoms with Gasteiger partial charge in [-0.25, -0.2) is 4.79 Å². The summed E-state index contributed by atoms with van der Waals surface area (Å²) in [4.78, 5) is 32.1. The first kappa shape index (κ1) is 26.4. The zero-order chi connectivity index (χ0) is 26.8. The highest BCUT2D eigenvalue weighted by Gasteiger charge is 2.39. The number of nitrogens with zero attached hydrogens (tertiary/aromatic N) is 3. The molecule has 1 aliphatic heterocycles. The number of rotatable bonds is 7. The van der Waals surface area contributed by atoms with Gasteiger partial charge in [0.2, 0.25) is 0 Å². The molecule has 10 nitrogen and oxygen atoms in total. The smallest absolute Gasteiger partial charge is 0.416 e. The van der Waals surface area contributed by atoms with Crippen LogP contribution >= 0.6 is 0 Å². The van der Waals surface area contributed by atoms with E-state index in [2.05, 4.69) is 15.3 Å². The summed E-state index contributed by atoms with van der Waals surface area (Å²) in [5, 5.41) is 14.6. The van der Waals surface area contributed by atoms with E-state index in [-0.39, 0.29) is 23.6 Å². The number of esters is 1. The van der Waals surface area contributed by atoms with Gasteiger partial charge in [-0.05, 0) is 38.5 Å². The van der Waals surface area contributed by atoms with E-state index >= 15 is 0 Å². The monoisotopic (exact) mass is 508 g/mol. The van der Waals surface area contributed by atoms with Crippen molar-refractivity contribution in [1.29, 1.82) is 0 Å². The molecule has 0 radical (unpaired) electrons. The Balaban J connectivity index is 2.30. The van der Waals surface area contributed by atoms with Crippen LogP contribution < -0.4 is 14.8 Å². The third-order valence-corrected chi connectivity index (χ3v) is 5.46. The van der Waals surface area contributed by atoms with E-state index in [4.69, 9.17) is 14.2 Å². The molecule has 0 saturated carbocycles. The Kier molecular flexibility index (Phi) is 7.51. The van der Waals surface area contributed by atoms with Gasteiger partial charge in [0.15, 0.2) is 5.82 Å². The van der Waals surface area contributed by atoms with Crippen molar-refractivity contribution in [2.75, 3.05) is 20.8 Å². The van der Waals surface area contributed by atoms with Gasteiger partial charge in [0.05, 0.1) is 36.9 Å². The molecule has 1 aliphatic rings. The molecule has 192 valence electrons. The van der Waals surface area contributed by atoms with Gasteiger partial charge in [-0.1, -0.05) is 12.1 Å². The Labute approximate surface area is 203 Å². The van der Waals surface area contributed by atoms with Crippen molar-refractivity contribution in [1.82, 2.24) is 15.3 Å². The van der Waals surface area contributed by atoms with Gasteiger partial charge in [0.25, 0.3) is 0 Å². The molecule has 3 rings (SSSR count). The number of hydrogen-bond acceptors (Lipinski definition) is 9. The lowest BCUT2D eigenvalue weighted by Crippen LogP contribution is -2.29. The molecule has 1 N–H and O–H groups in total. The first-order valence-corrected chi connectivity index (χ1v) is 10.6. The van der Waals surface area contributed by atoms with Gasteiger partial charge < -0.3 is 19.5 Å². The summed E-state index contributed by atoms with van der Waals surface area (Å²) >= 11 is 0. The molecular formula is C23H23F3N4O6. The van der Waals surface area contributed by atoms with Crippen LogP contribution in [0.5, 0.6) is 11.8 Å². The molecule has 0 fully saturated rings. The van der Waals surface area contributed by atoms with E-state index in [1.54, 1.807) is 20.8 Å². The van der Waals surface area contributed by atoms with Crippen LogP contribution in [0.25, 0.3) is 5.57 Å². The summed E-state index contributed by atoms with van der Waals surface area (Å²) in [6.07, 6.45) is -4.56. The van der Waals surface area contributed by atoms with Crippen LogP contribution in [0.15, 0.2) is 41.2 Å². The fourth-order valence-corrected chi connectivity index (χ4v) is 3.94. The highest BCUT2D eigenvalue weighted by molar-refractivity contribution is 5.97. The number of alkyl halides is 3. The molecule has 0 bridgehead atoms. The van der Waals surface area contributed by atoms with Gasteiger partial charge in [-0.2, -0.15) is 23.1 Å². The second kappa shape index (κ2) is 10.2. The number of ether oxygens (including phenoxy) is 3. The number of allylic oxidation sites excluding steroid dienone is 3. The number of halogens is 3. The maximum absolute atomic E-state index is 13.2. The maximum Gasteiger partial charge on any atom is 0.416 e. The summed E-state index contributed by atoms with van der Waals surface area (Å²) in [5.41, 5.74) is 0.127. The lowest BCUT2D eigenvalue weighted by atomic mass is 9.79. The largest absolute Gasteiger partial charge is 0.476 e. The minimum Gasteiger partial charge on any atom is -0.476 e. The van der Waals surface area contributed by atoms with Gasteiger partial charge in [-0.15, -0.1) is 0 Å². The molecule has 1 atom stereocenters. The van der Waals surface area contributed by atoms with Gasteiger partial charge >= 0.3 is 29.6 Å². The third kappa shape index (κ3) is 4.95. The number of carbonyl (C=O) groups is 1. The molecule has 0 saturated heterocycles. The molecule has 2 aromatic rings. The van der Waals surface area contributed by atoms with Gasteiger partial charge in [0.1, 0.15) is 0 Å². The highest BCUT2D eigenvalue weighted by atomic mass is 19.4. The lowest BCUT2D eigenvalue weighted by Gasteiger charge is -2.31. The van der Waals surface area contributed by atoms with Crippen LogP contribution in [0.4, 0.5) is 18.9 Å².